The fourth-order valence-electron chi connectivity index (χ4n) is 1.34. The van der Waals surface area contributed by atoms with Crippen molar-refractivity contribution < 1.29 is 9.53 Å². The first-order chi connectivity index (χ1) is 8.79. The second-order valence-electron chi connectivity index (χ2n) is 3.42. The Bertz CT molecular complexity index is 538. The van der Waals surface area contributed by atoms with E-state index in [1.165, 1.54) is 11.3 Å². The van der Waals surface area contributed by atoms with Crippen LogP contribution in [0.1, 0.15) is 10.4 Å². The van der Waals surface area contributed by atoms with Crippen molar-refractivity contribution in [3.8, 4) is 5.75 Å². The highest BCUT2D eigenvalue weighted by Crippen LogP contribution is 2.16. The molecule has 5 heteroatoms. The number of hydrogen-bond donors (Lipinski definition) is 1. The molecule has 0 saturated heterocycles. The van der Waals surface area contributed by atoms with Gasteiger partial charge in [0.05, 0.1) is 0 Å². The summed E-state index contributed by atoms with van der Waals surface area (Å²) in [5.41, 5.74) is 0.534. The van der Waals surface area contributed by atoms with Gasteiger partial charge in [-0.3, -0.25) is 10.1 Å². The van der Waals surface area contributed by atoms with Crippen LogP contribution in [0.25, 0.3) is 0 Å². The summed E-state index contributed by atoms with van der Waals surface area (Å²) in [5.74, 6) is 0.440. The van der Waals surface area contributed by atoms with Gasteiger partial charge in [-0.15, -0.1) is 11.3 Å². The maximum absolute atomic E-state index is 11.9. The molecule has 0 aliphatic heterocycles. The zero-order valence-electron chi connectivity index (χ0n) is 9.63. The maximum atomic E-state index is 11.9. The van der Waals surface area contributed by atoms with E-state index in [1.807, 2.05) is 0 Å². The average Bonchev–Trinajstić information content (AvgIpc) is 2.89. The summed E-state index contributed by atoms with van der Waals surface area (Å²) in [7, 11) is 0. The van der Waals surface area contributed by atoms with E-state index in [0.29, 0.717) is 23.1 Å². The first kappa shape index (κ1) is 12.3. The van der Waals surface area contributed by atoms with Gasteiger partial charge in [-0.2, -0.15) is 0 Å². The average molecular weight is 260 g/mol. The van der Waals surface area contributed by atoms with E-state index in [1.54, 1.807) is 41.9 Å². The van der Waals surface area contributed by atoms with Crippen molar-refractivity contribution in [2.75, 3.05) is 11.9 Å². The maximum Gasteiger partial charge on any atom is 0.257 e. The van der Waals surface area contributed by atoms with E-state index in [9.17, 15) is 4.79 Å². The lowest BCUT2D eigenvalue weighted by Crippen LogP contribution is -2.11. The Kier molecular flexibility index (Phi) is 4.09. The number of carbonyl (C=O) groups is 1. The van der Waals surface area contributed by atoms with Gasteiger partial charge in [-0.1, -0.05) is 18.7 Å². The minimum absolute atomic E-state index is 0.200. The number of thiazole rings is 1. The monoisotopic (exact) mass is 260 g/mol. The standard InChI is InChI=1S/C13H12N2O2S/c1-2-7-17-11-5-3-4-10(9-11)12(16)15-13-14-6-8-18-13/h2-6,8-9H,1,7H2,(H,14,15,16). The molecule has 2 rings (SSSR count). The largest absolute Gasteiger partial charge is 0.490 e. The van der Waals surface area contributed by atoms with Gasteiger partial charge >= 0.3 is 0 Å². The van der Waals surface area contributed by atoms with Crippen molar-refractivity contribution in [1.29, 1.82) is 0 Å². The van der Waals surface area contributed by atoms with Crippen molar-refractivity contribution in [1.82, 2.24) is 4.98 Å². The lowest BCUT2D eigenvalue weighted by atomic mass is 10.2. The third-order valence-corrected chi connectivity index (χ3v) is 2.81. The Morgan fingerprint density at radius 2 is 2.44 bits per heavy atom. The van der Waals surface area contributed by atoms with E-state index in [-0.39, 0.29) is 5.91 Å². The van der Waals surface area contributed by atoms with Crippen LogP contribution in [0.3, 0.4) is 0 Å². The van der Waals surface area contributed by atoms with E-state index >= 15 is 0 Å². The molecule has 1 aromatic carbocycles. The molecule has 0 spiro atoms. The number of benzene rings is 1. The van der Waals surface area contributed by atoms with Crippen molar-refractivity contribution >= 4 is 22.4 Å². The summed E-state index contributed by atoms with van der Waals surface area (Å²) < 4.78 is 5.37. The normalized spacial score (nSPS) is 9.78. The molecule has 0 atom stereocenters. The van der Waals surface area contributed by atoms with E-state index in [2.05, 4.69) is 16.9 Å². The molecule has 1 aromatic heterocycles. The summed E-state index contributed by atoms with van der Waals surface area (Å²) >= 11 is 1.38. The summed E-state index contributed by atoms with van der Waals surface area (Å²) in [6, 6.07) is 6.98. The Labute approximate surface area is 109 Å². The van der Waals surface area contributed by atoms with Gasteiger partial charge in [0.15, 0.2) is 5.13 Å². The second kappa shape index (κ2) is 5.97. The quantitative estimate of drug-likeness (QED) is 0.841. The van der Waals surface area contributed by atoms with E-state index in [4.69, 9.17) is 4.74 Å². The summed E-state index contributed by atoms with van der Waals surface area (Å²) in [6.07, 6.45) is 3.30. The minimum atomic E-state index is -0.200. The molecule has 1 amide bonds. The Morgan fingerprint density at radius 1 is 1.56 bits per heavy atom. The molecule has 1 N–H and O–H groups in total. The molecule has 92 valence electrons. The van der Waals surface area contributed by atoms with Gasteiger partial charge in [0.1, 0.15) is 12.4 Å². The Morgan fingerprint density at radius 3 is 3.17 bits per heavy atom. The smallest absolute Gasteiger partial charge is 0.257 e. The number of ether oxygens (including phenoxy) is 1. The zero-order chi connectivity index (χ0) is 12.8. The molecule has 0 bridgehead atoms. The SMILES string of the molecule is C=CCOc1cccc(C(=O)Nc2nccs2)c1. The van der Waals surface area contributed by atoms with Crippen LogP contribution >= 0.6 is 11.3 Å². The Balaban J connectivity index is 2.07. The van der Waals surface area contributed by atoms with E-state index in [0.717, 1.165) is 0 Å². The van der Waals surface area contributed by atoms with Crippen molar-refractivity contribution in [3.05, 3.63) is 54.1 Å². The number of nitrogens with one attached hydrogen (secondary N) is 1. The zero-order valence-corrected chi connectivity index (χ0v) is 10.4. The Hall–Kier alpha value is -2.14. The molecular formula is C13H12N2O2S. The number of hydrogen-bond acceptors (Lipinski definition) is 4. The predicted octanol–water partition coefficient (Wildman–Crippen LogP) is 2.96. The van der Waals surface area contributed by atoms with Crippen LogP contribution in [0.2, 0.25) is 0 Å². The van der Waals surface area contributed by atoms with Crippen molar-refractivity contribution in [2.45, 2.75) is 0 Å². The highest BCUT2D eigenvalue weighted by Gasteiger charge is 2.08. The van der Waals surface area contributed by atoms with Gasteiger partial charge < -0.3 is 4.74 Å². The molecular weight excluding hydrogens is 248 g/mol. The number of nitrogens with zero attached hydrogens (tertiary/aromatic N) is 1. The van der Waals surface area contributed by atoms with Crippen molar-refractivity contribution in [3.63, 3.8) is 0 Å². The van der Waals surface area contributed by atoms with Crippen LogP contribution in [-0.4, -0.2) is 17.5 Å². The van der Waals surface area contributed by atoms with Gasteiger partial charge in [-0.05, 0) is 18.2 Å². The van der Waals surface area contributed by atoms with Gasteiger partial charge in [0, 0.05) is 17.1 Å². The first-order valence-electron chi connectivity index (χ1n) is 5.34. The number of rotatable bonds is 5. The molecule has 2 aromatic rings. The van der Waals surface area contributed by atoms with Crippen LogP contribution in [0.4, 0.5) is 5.13 Å². The molecule has 4 nitrogen and oxygen atoms in total. The highest BCUT2D eigenvalue weighted by molar-refractivity contribution is 7.13. The van der Waals surface area contributed by atoms with Crippen molar-refractivity contribution in [2.24, 2.45) is 0 Å². The fourth-order valence-corrected chi connectivity index (χ4v) is 1.86. The molecule has 0 aliphatic rings. The first-order valence-corrected chi connectivity index (χ1v) is 6.22. The lowest BCUT2D eigenvalue weighted by molar-refractivity contribution is 0.102. The summed E-state index contributed by atoms with van der Waals surface area (Å²) in [6.45, 7) is 3.99. The van der Waals surface area contributed by atoms with Gasteiger partial charge in [-0.25, -0.2) is 4.98 Å². The van der Waals surface area contributed by atoms with E-state index < -0.39 is 0 Å². The molecule has 0 aliphatic carbocycles. The second-order valence-corrected chi connectivity index (χ2v) is 4.31. The minimum Gasteiger partial charge on any atom is -0.490 e. The summed E-state index contributed by atoms with van der Waals surface area (Å²) in [4.78, 5) is 15.9. The number of amides is 1. The van der Waals surface area contributed by atoms with Crippen LogP contribution < -0.4 is 10.1 Å². The van der Waals surface area contributed by atoms with Gasteiger partial charge in [0.2, 0.25) is 0 Å². The highest BCUT2D eigenvalue weighted by atomic mass is 32.1. The van der Waals surface area contributed by atoms with Gasteiger partial charge in [0.25, 0.3) is 5.91 Å². The molecule has 0 fully saturated rings. The fraction of sp³-hybridized carbons (Fsp3) is 0.0769. The molecule has 0 radical (unpaired) electrons. The molecule has 0 saturated carbocycles. The molecule has 18 heavy (non-hydrogen) atoms. The predicted molar refractivity (Wildman–Crippen MR) is 72.2 cm³/mol. The molecule has 1 heterocycles. The lowest BCUT2D eigenvalue weighted by Gasteiger charge is -2.05. The topological polar surface area (TPSA) is 51.2 Å². The number of carbonyl (C=O) groups excluding carboxylic acids is 1. The van der Waals surface area contributed by atoms with Crippen LogP contribution in [0.15, 0.2) is 48.5 Å². The third kappa shape index (κ3) is 3.18. The van der Waals surface area contributed by atoms with Crippen LogP contribution in [0, 0.1) is 0 Å². The number of aromatic nitrogens is 1. The summed E-state index contributed by atoms with van der Waals surface area (Å²) in [5, 5.41) is 5.10. The number of anilines is 1. The van der Waals surface area contributed by atoms with Crippen LogP contribution in [0.5, 0.6) is 5.75 Å². The third-order valence-electron chi connectivity index (χ3n) is 2.12. The molecule has 0 unspecified atom stereocenters. The van der Waals surface area contributed by atoms with Crippen LogP contribution in [-0.2, 0) is 0 Å².